The molecule has 1 aliphatic heterocycles. The summed E-state index contributed by atoms with van der Waals surface area (Å²) in [6.45, 7) is 2.71. The molecule has 5 heteroatoms. The van der Waals surface area contributed by atoms with Crippen LogP contribution in [0.25, 0.3) is 0 Å². The van der Waals surface area contributed by atoms with Crippen molar-refractivity contribution in [2.75, 3.05) is 19.4 Å². The third kappa shape index (κ3) is 3.41. The number of halogens is 1. The van der Waals surface area contributed by atoms with Gasteiger partial charge < -0.3 is 10.1 Å². The van der Waals surface area contributed by atoms with Crippen LogP contribution in [0.5, 0.6) is 5.75 Å². The standard InChI is InChI=1S/C14H18FNO2S/c1-14(6-3-7-19-14)9-16-13(17)11-5-4-10(18-2)8-12(11)15/h4-5,8H,3,6-7,9H2,1-2H3,(H,16,17). The maximum absolute atomic E-state index is 13.7. The van der Waals surface area contributed by atoms with E-state index >= 15 is 0 Å². The van der Waals surface area contributed by atoms with Crippen LogP contribution in [0.1, 0.15) is 30.1 Å². The van der Waals surface area contributed by atoms with E-state index in [4.69, 9.17) is 4.74 Å². The number of hydrogen-bond acceptors (Lipinski definition) is 3. The first-order valence-corrected chi connectivity index (χ1v) is 7.28. The molecule has 1 saturated heterocycles. The molecule has 1 aliphatic rings. The van der Waals surface area contributed by atoms with E-state index in [0.29, 0.717) is 12.3 Å². The molecule has 0 saturated carbocycles. The molecule has 1 atom stereocenters. The van der Waals surface area contributed by atoms with Crippen molar-refractivity contribution in [3.63, 3.8) is 0 Å². The van der Waals surface area contributed by atoms with Crippen molar-refractivity contribution in [2.45, 2.75) is 24.5 Å². The zero-order chi connectivity index (χ0) is 13.9. The average Bonchev–Trinajstić information content (AvgIpc) is 2.83. The van der Waals surface area contributed by atoms with Crippen molar-refractivity contribution in [2.24, 2.45) is 0 Å². The number of rotatable bonds is 4. The van der Waals surface area contributed by atoms with Crippen LogP contribution < -0.4 is 10.1 Å². The summed E-state index contributed by atoms with van der Waals surface area (Å²) in [6, 6.07) is 4.26. The van der Waals surface area contributed by atoms with E-state index in [0.717, 1.165) is 12.2 Å². The van der Waals surface area contributed by atoms with Gasteiger partial charge in [-0.3, -0.25) is 4.79 Å². The molecule has 2 rings (SSSR count). The molecule has 1 heterocycles. The first kappa shape index (κ1) is 14.2. The molecular weight excluding hydrogens is 265 g/mol. The van der Waals surface area contributed by atoms with Gasteiger partial charge in [-0.25, -0.2) is 4.39 Å². The maximum Gasteiger partial charge on any atom is 0.254 e. The Morgan fingerprint density at radius 2 is 2.37 bits per heavy atom. The number of carbonyl (C=O) groups excluding carboxylic acids is 1. The van der Waals surface area contributed by atoms with Crippen LogP contribution in [0, 0.1) is 5.82 Å². The number of benzene rings is 1. The monoisotopic (exact) mass is 283 g/mol. The van der Waals surface area contributed by atoms with Crippen LogP contribution in [-0.2, 0) is 0 Å². The molecule has 0 aliphatic carbocycles. The Hall–Kier alpha value is -1.23. The summed E-state index contributed by atoms with van der Waals surface area (Å²) >= 11 is 1.86. The van der Waals surface area contributed by atoms with E-state index in [1.807, 2.05) is 11.8 Å². The van der Waals surface area contributed by atoms with Crippen molar-refractivity contribution in [3.05, 3.63) is 29.6 Å². The molecule has 0 bridgehead atoms. The second-order valence-corrected chi connectivity index (χ2v) is 6.61. The summed E-state index contributed by atoms with van der Waals surface area (Å²) in [4.78, 5) is 12.0. The lowest BCUT2D eigenvalue weighted by atomic mass is 10.1. The third-order valence-corrected chi connectivity index (χ3v) is 4.88. The average molecular weight is 283 g/mol. The molecular formula is C14H18FNO2S. The van der Waals surface area contributed by atoms with Gasteiger partial charge in [-0.15, -0.1) is 0 Å². The Labute approximate surface area is 116 Å². The van der Waals surface area contributed by atoms with Crippen molar-refractivity contribution >= 4 is 17.7 Å². The predicted molar refractivity (Wildman–Crippen MR) is 75.4 cm³/mol. The lowest BCUT2D eigenvalue weighted by molar-refractivity contribution is 0.0946. The van der Waals surface area contributed by atoms with Crippen LogP contribution >= 0.6 is 11.8 Å². The molecule has 1 aromatic carbocycles. The maximum atomic E-state index is 13.7. The first-order chi connectivity index (χ1) is 9.04. The first-order valence-electron chi connectivity index (χ1n) is 6.30. The second kappa shape index (κ2) is 5.82. The molecule has 104 valence electrons. The van der Waals surface area contributed by atoms with Gasteiger partial charge in [-0.2, -0.15) is 11.8 Å². The summed E-state index contributed by atoms with van der Waals surface area (Å²) in [5.74, 6) is 0.616. The lowest BCUT2D eigenvalue weighted by Gasteiger charge is -2.22. The molecule has 19 heavy (non-hydrogen) atoms. The van der Waals surface area contributed by atoms with Crippen molar-refractivity contribution in [1.82, 2.24) is 5.32 Å². The number of thioether (sulfide) groups is 1. The van der Waals surface area contributed by atoms with E-state index in [9.17, 15) is 9.18 Å². The van der Waals surface area contributed by atoms with Gasteiger partial charge in [-0.1, -0.05) is 0 Å². The molecule has 0 aromatic heterocycles. The number of hydrogen-bond donors (Lipinski definition) is 1. The molecule has 1 N–H and O–H groups in total. The summed E-state index contributed by atoms with van der Waals surface area (Å²) in [6.07, 6.45) is 2.26. The highest BCUT2D eigenvalue weighted by Gasteiger charge is 2.30. The van der Waals surface area contributed by atoms with Crippen LogP contribution in [0.3, 0.4) is 0 Å². The Bertz CT molecular complexity index is 473. The Balaban J connectivity index is 2.00. The van der Waals surface area contributed by atoms with Crippen LogP contribution in [0.15, 0.2) is 18.2 Å². The summed E-state index contributed by atoms with van der Waals surface area (Å²) in [7, 11) is 1.46. The summed E-state index contributed by atoms with van der Waals surface area (Å²) in [5.41, 5.74) is 0.0624. The third-order valence-electron chi connectivity index (χ3n) is 3.34. The van der Waals surface area contributed by atoms with Crippen molar-refractivity contribution < 1.29 is 13.9 Å². The SMILES string of the molecule is COc1ccc(C(=O)NCC2(C)CCCS2)c(F)c1. The Morgan fingerprint density at radius 1 is 1.58 bits per heavy atom. The molecule has 1 unspecified atom stereocenters. The molecule has 3 nitrogen and oxygen atoms in total. The van der Waals surface area contributed by atoms with E-state index in [1.54, 1.807) is 6.07 Å². The number of carbonyl (C=O) groups is 1. The van der Waals surface area contributed by atoms with Gasteiger partial charge in [-0.05, 0) is 37.7 Å². The minimum absolute atomic E-state index is 0.0624. The summed E-state index contributed by atoms with van der Waals surface area (Å²) in [5, 5.41) is 2.82. The van der Waals surface area contributed by atoms with Crippen LogP contribution in [0.2, 0.25) is 0 Å². The number of amides is 1. The van der Waals surface area contributed by atoms with Crippen molar-refractivity contribution in [3.8, 4) is 5.75 Å². The largest absolute Gasteiger partial charge is 0.497 e. The van der Waals surface area contributed by atoms with Crippen LogP contribution in [-0.4, -0.2) is 30.1 Å². The topological polar surface area (TPSA) is 38.3 Å². The molecule has 1 fully saturated rings. The van der Waals surface area contributed by atoms with Gasteiger partial charge >= 0.3 is 0 Å². The van der Waals surface area contributed by atoms with Crippen LogP contribution in [0.4, 0.5) is 4.39 Å². The second-order valence-electron chi connectivity index (χ2n) is 4.93. The number of nitrogens with one attached hydrogen (secondary N) is 1. The minimum Gasteiger partial charge on any atom is -0.497 e. The fourth-order valence-corrected chi connectivity index (χ4v) is 3.39. The smallest absolute Gasteiger partial charge is 0.254 e. The highest BCUT2D eigenvalue weighted by Crippen LogP contribution is 2.37. The zero-order valence-corrected chi connectivity index (χ0v) is 12.0. The van der Waals surface area contributed by atoms with Gasteiger partial charge in [0.15, 0.2) is 0 Å². The van der Waals surface area contributed by atoms with E-state index < -0.39 is 5.82 Å². The van der Waals surface area contributed by atoms with Gasteiger partial charge in [0.1, 0.15) is 11.6 Å². The molecule has 1 aromatic rings. The van der Waals surface area contributed by atoms with Gasteiger partial charge in [0.25, 0.3) is 5.91 Å². The zero-order valence-electron chi connectivity index (χ0n) is 11.2. The number of methoxy groups -OCH3 is 1. The molecule has 0 spiro atoms. The van der Waals surface area contributed by atoms with Crippen molar-refractivity contribution in [1.29, 1.82) is 0 Å². The highest BCUT2D eigenvalue weighted by atomic mass is 32.2. The van der Waals surface area contributed by atoms with E-state index in [2.05, 4.69) is 12.2 Å². The molecule has 0 radical (unpaired) electrons. The van der Waals surface area contributed by atoms with Gasteiger partial charge in [0, 0.05) is 17.4 Å². The van der Waals surface area contributed by atoms with E-state index in [1.165, 1.54) is 25.7 Å². The Morgan fingerprint density at radius 3 is 2.95 bits per heavy atom. The predicted octanol–water partition coefficient (Wildman–Crippen LogP) is 2.85. The Kier molecular flexibility index (Phi) is 4.34. The highest BCUT2D eigenvalue weighted by molar-refractivity contribution is 8.00. The quantitative estimate of drug-likeness (QED) is 0.923. The fourth-order valence-electron chi connectivity index (χ4n) is 2.15. The number of ether oxygens (including phenoxy) is 1. The lowest BCUT2D eigenvalue weighted by Crippen LogP contribution is -2.37. The minimum atomic E-state index is -0.555. The normalized spacial score (nSPS) is 22.3. The fraction of sp³-hybridized carbons (Fsp3) is 0.500. The van der Waals surface area contributed by atoms with E-state index in [-0.39, 0.29) is 16.2 Å². The molecule has 1 amide bonds. The van der Waals surface area contributed by atoms with Gasteiger partial charge in [0.2, 0.25) is 0 Å². The van der Waals surface area contributed by atoms with Gasteiger partial charge in [0.05, 0.1) is 12.7 Å². The summed E-state index contributed by atoms with van der Waals surface area (Å²) < 4.78 is 18.7.